The van der Waals surface area contributed by atoms with Gasteiger partial charge in [-0.05, 0) is 14.0 Å². The second-order valence-electron chi connectivity index (χ2n) is 3.56. The first-order valence-corrected chi connectivity index (χ1v) is 4.69. The molecule has 0 bridgehead atoms. The second kappa shape index (κ2) is 4.58. The second-order valence-corrected chi connectivity index (χ2v) is 3.56. The number of nitrogens with one attached hydrogen (secondary N) is 1. The highest BCUT2D eigenvalue weighted by Crippen LogP contribution is 2.12. The van der Waals surface area contributed by atoms with Gasteiger partial charge in [0.2, 0.25) is 0 Å². The SMILES string of the molecule is CN[C@@H](C)CO[C@@H]1CCN(C)C1=O. The highest BCUT2D eigenvalue weighted by Gasteiger charge is 2.29. The van der Waals surface area contributed by atoms with Gasteiger partial charge in [-0.25, -0.2) is 0 Å². The molecule has 0 spiro atoms. The molecule has 13 heavy (non-hydrogen) atoms. The molecule has 0 unspecified atom stereocenters. The van der Waals surface area contributed by atoms with Crippen molar-refractivity contribution in [3.63, 3.8) is 0 Å². The van der Waals surface area contributed by atoms with Crippen LogP contribution in [-0.2, 0) is 9.53 Å². The minimum absolute atomic E-state index is 0.114. The van der Waals surface area contributed by atoms with E-state index in [1.165, 1.54) is 0 Å². The lowest BCUT2D eigenvalue weighted by atomic mass is 10.3. The zero-order valence-corrected chi connectivity index (χ0v) is 8.54. The van der Waals surface area contributed by atoms with Crippen molar-refractivity contribution in [1.29, 1.82) is 0 Å². The number of amides is 1. The lowest BCUT2D eigenvalue weighted by Crippen LogP contribution is -2.33. The quantitative estimate of drug-likeness (QED) is 0.663. The molecule has 0 radical (unpaired) electrons. The van der Waals surface area contributed by atoms with E-state index in [0.717, 1.165) is 13.0 Å². The molecule has 0 aromatic heterocycles. The highest BCUT2D eigenvalue weighted by molar-refractivity contribution is 5.82. The van der Waals surface area contributed by atoms with E-state index in [-0.39, 0.29) is 12.0 Å². The maximum Gasteiger partial charge on any atom is 0.251 e. The van der Waals surface area contributed by atoms with E-state index in [2.05, 4.69) is 5.32 Å². The molecule has 1 aliphatic heterocycles. The van der Waals surface area contributed by atoms with Crippen LogP contribution in [0.4, 0.5) is 0 Å². The fourth-order valence-corrected chi connectivity index (χ4v) is 1.29. The Labute approximate surface area is 79.2 Å². The van der Waals surface area contributed by atoms with Gasteiger partial charge in [0, 0.05) is 26.1 Å². The summed E-state index contributed by atoms with van der Waals surface area (Å²) in [6.45, 7) is 3.45. The minimum Gasteiger partial charge on any atom is -0.367 e. The fourth-order valence-electron chi connectivity index (χ4n) is 1.29. The van der Waals surface area contributed by atoms with Crippen LogP contribution in [0.3, 0.4) is 0 Å². The van der Waals surface area contributed by atoms with Gasteiger partial charge in [0.25, 0.3) is 5.91 Å². The van der Waals surface area contributed by atoms with E-state index in [1.807, 2.05) is 21.0 Å². The molecule has 0 aliphatic carbocycles. The van der Waals surface area contributed by atoms with E-state index in [1.54, 1.807) is 4.90 Å². The van der Waals surface area contributed by atoms with Crippen LogP contribution in [0.5, 0.6) is 0 Å². The summed E-state index contributed by atoms with van der Waals surface area (Å²) >= 11 is 0. The van der Waals surface area contributed by atoms with Crippen molar-refractivity contribution in [2.75, 3.05) is 27.2 Å². The maximum absolute atomic E-state index is 11.4. The zero-order chi connectivity index (χ0) is 9.84. The summed E-state index contributed by atoms with van der Waals surface area (Å²) in [7, 11) is 3.70. The topological polar surface area (TPSA) is 41.6 Å². The number of carbonyl (C=O) groups is 1. The van der Waals surface area contributed by atoms with Crippen LogP contribution in [0.15, 0.2) is 0 Å². The third kappa shape index (κ3) is 2.67. The van der Waals surface area contributed by atoms with E-state index >= 15 is 0 Å². The minimum atomic E-state index is -0.208. The summed E-state index contributed by atoms with van der Waals surface area (Å²) in [5, 5.41) is 3.07. The number of hydrogen-bond acceptors (Lipinski definition) is 3. The molecule has 1 fully saturated rings. The van der Waals surface area contributed by atoms with Gasteiger partial charge in [-0.3, -0.25) is 4.79 Å². The Morgan fingerprint density at radius 2 is 2.46 bits per heavy atom. The Kier molecular flexibility index (Phi) is 3.69. The first-order valence-electron chi connectivity index (χ1n) is 4.69. The van der Waals surface area contributed by atoms with E-state index < -0.39 is 0 Å². The van der Waals surface area contributed by atoms with Crippen LogP contribution < -0.4 is 5.32 Å². The predicted molar refractivity (Wildman–Crippen MR) is 50.5 cm³/mol. The summed E-state index contributed by atoms with van der Waals surface area (Å²) in [4.78, 5) is 13.1. The molecule has 1 N–H and O–H groups in total. The summed E-state index contributed by atoms with van der Waals surface area (Å²) in [6, 6.07) is 0.304. The first kappa shape index (κ1) is 10.5. The van der Waals surface area contributed by atoms with Gasteiger partial charge in [0.05, 0.1) is 6.61 Å². The number of nitrogens with zero attached hydrogens (tertiary/aromatic N) is 1. The fraction of sp³-hybridized carbons (Fsp3) is 0.889. The summed E-state index contributed by atoms with van der Waals surface area (Å²) in [5.41, 5.74) is 0. The van der Waals surface area contributed by atoms with Crippen molar-refractivity contribution in [3.8, 4) is 0 Å². The summed E-state index contributed by atoms with van der Waals surface area (Å²) in [5.74, 6) is 0.114. The van der Waals surface area contributed by atoms with Gasteiger partial charge in [0.15, 0.2) is 0 Å². The van der Waals surface area contributed by atoms with Crippen LogP contribution in [0.1, 0.15) is 13.3 Å². The molecule has 0 saturated carbocycles. The summed E-state index contributed by atoms with van der Waals surface area (Å²) in [6.07, 6.45) is 0.618. The van der Waals surface area contributed by atoms with E-state index in [0.29, 0.717) is 12.6 Å². The molecular formula is C9H18N2O2. The van der Waals surface area contributed by atoms with Crippen LogP contribution >= 0.6 is 0 Å². The number of rotatable bonds is 4. The molecule has 1 aliphatic rings. The van der Waals surface area contributed by atoms with Crippen LogP contribution in [-0.4, -0.2) is 50.2 Å². The lowest BCUT2D eigenvalue weighted by molar-refractivity contribution is -0.136. The van der Waals surface area contributed by atoms with Crippen LogP contribution in [0.2, 0.25) is 0 Å². The average molecular weight is 186 g/mol. The molecule has 1 saturated heterocycles. The predicted octanol–water partition coefficient (Wildman–Crippen LogP) is -0.158. The monoisotopic (exact) mass is 186 g/mol. The third-order valence-electron chi connectivity index (χ3n) is 2.42. The number of hydrogen-bond donors (Lipinski definition) is 1. The van der Waals surface area contributed by atoms with E-state index in [4.69, 9.17) is 4.74 Å². The van der Waals surface area contributed by atoms with Gasteiger partial charge in [0.1, 0.15) is 6.10 Å². The maximum atomic E-state index is 11.4. The highest BCUT2D eigenvalue weighted by atomic mass is 16.5. The van der Waals surface area contributed by atoms with Crippen LogP contribution in [0.25, 0.3) is 0 Å². The molecule has 1 rings (SSSR count). The van der Waals surface area contributed by atoms with Gasteiger partial charge in [-0.2, -0.15) is 0 Å². The van der Waals surface area contributed by atoms with Crippen molar-refractivity contribution in [1.82, 2.24) is 10.2 Å². The number of likely N-dealkylation sites (tertiary alicyclic amines) is 1. The molecule has 4 heteroatoms. The van der Waals surface area contributed by atoms with Gasteiger partial charge in [-0.15, -0.1) is 0 Å². The van der Waals surface area contributed by atoms with Gasteiger partial charge < -0.3 is 15.0 Å². The standard InChI is InChI=1S/C9H18N2O2/c1-7(10-2)6-13-8-4-5-11(3)9(8)12/h7-8,10H,4-6H2,1-3H3/t7-,8+/m0/s1. The van der Waals surface area contributed by atoms with Crippen molar-refractivity contribution in [2.24, 2.45) is 0 Å². The third-order valence-corrected chi connectivity index (χ3v) is 2.42. The average Bonchev–Trinajstić information content (AvgIpc) is 2.44. The van der Waals surface area contributed by atoms with Crippen LogP contribution in [0, 0.1) is 0 Å². The molecule has 4 nitrogen and oxygen atoms in total. The Hall–Kier alpha value is -0.610. The number of likely N-dealkylation sites (N-methyl/N-ethyl adjacent to an activating group) is 2. The Balaban J connectivity index is 2.26. The Bertz CT molecular complexity index is 184. The number of carbonyl (C=O) groups excluding carboxylic acids is 1. The Morgan fingerprint density at radius 3 is 2.92 bits per heavy atom. The van der Waals surface area contributed by atoms with Crippen molar-refractivity contribution in [2.45, 2.75) is 25.5 Å². The largest absolute Gasteiger partial charge is 0.367 e. The zero-order valence-electron chi connectivity index (χ0n) is 8.54. The molecule has 2 atom stereocenters. The van der Waals surface area contributed by atoms with Crippen molar-refractivity contribution < 1.29 is 9.53 Å². The molecule has 76 valence electrons. The molecule has 1 heterocycles. The lowest BCUT2D eigenvalue weighted by Gasteiger charge is -2.14. The first-order chi connectivity index (χ1) is 6.15. The summed E-state index contributed by atoms with van der Waals surface area (Å²) < 4.78 is 5.48. The normalized spacial score (nSPS) is 25.3. The molecule has 0 aromatic carbocycles. The number of ether oxygens (including phenoxy) is 1. The van der Waals surface area contributed by atoms with Crippen molar-refractivity contribution in [3.05, 3.63) is 0 Å². The molecule has 0 aromatic rings. The van der Waals surface area contributed by atoms with Gasteiger partial charge in [-0.1, -0.05) is 0 Å². The van der Waals surface area contributed by atoms with Gasteiger partial charge >= 0.3 is 0 Å². The molecular weight excluding hydrogens is 168 g/mol. The van der Waals surface area contributed by atoms with E-state index in [9.17, 15) is 4.79 Å². The molecule has 1 amide bonds. The Morgan fingerprint density at radius 1 is 1.77 bits per heavy atom. The smallest absolute Gasteiger partial charge is 0.251 e. The van der Waals surface area contributed by atoms with Crippen molar-refractivity contribution >= 4 is 5.91 Å².